The topological polar surface area (TPSA) is 79.2 Å². The SMILES string of the molecule is COc1ccc(C2CN(C(=O)O)CC2(C)C(C)O)cc1OC1Cc2ccccc2C1. The van der Waals surface area contributed by atoms with Gasteiger partial charge in [-0.1, -0.05) is 37.3 Å². The second kappa shape index (κ2) is 7.84. The van der Waals surface area contributed by atoms with Gasteiger partial charge < -0.3 is 24.6 Å². The van der Waals surface area contributed by atoms with E-state index in [4.69, 9.17) is 9.47 Å². The molecule has 6 nitrogen and oxygen atoms in total. The van der Waals surface area contributed by atoms with Crippen molar-refractivity contribution < 1.29 is 24.5 Å². The lowest BCUT2D eigenvalue weighted by Gasteiger charge is -2.33. The van der Waals surface area contributed by atoms with Crippen LogP contribution in [0.25, 0.3) is 0 Å². The van der Waals surface area contributed by atoms with Crippen LogP contribution in [0.5, 0.6) is 11.5 Å². The summed E-state index contributed by atoms with van der Waals surface area (Å²) in [5.74, 6) is 1.18. The van der Waals surface area contributed by atoms with E-state index in [1.54, 1.807) is 14.0 Å². The number of hydrogen-bond acceptors (Lipinski definition) is 4. The molecule has 1 aliphatic heterocycles. The van der Waals surface area contributed by atoms with Crippen LogP contribution in [0.1, 0.15) is 36.5 Å². The molecule has 1 aliphatic carbocycles. The van der Waals surface area contributed by atoms with Gasteiger partial charge in [-0.2, -0.15) is 0 Å². The lowest BCUT2D eigenvalue weighted by atomic mass is 9.72. The normalized spacial score (nSPS) is 24.5. The third kappa shape index (κ3) is 3.60. The Kier molecular flexibility index (Phi) is 5.36. The molecular weight excluding hydrogens is 382 g/mol. The van der Waals surface area contributed by atoms with Crippen LogP contribution >= 0.6 is 0 Å². The van der Waals surface area contributed by atoms with Gasteiger partial charge in [0.1, 0.15) is 6.10 Å². The minimum atomic E-state index is -0.960. The number of carbonyl (C=O) groups is 1. The highest BCUT2D eigenvalue weighted by molar-refractivity contribution is 5.66. The molecule has 4 rings (SSSR count). The van der Waals surface area contributed by atoms with E-state index in [0.29, 0.717) is 24.6 Å². The zero-order chi connectivity index (χ0) is 21.5. The maximum absolute atomic E-state index is 11.6. The molecule has 2 aromatic rings. The van der Waals surface area contributed by atoms with Crippen LogP contribution in [-0.2, 0) is 12.8 Å². The maximum Gasteiger partial charge on any atom is 0.407 e. The summed E-state index contributed by atoms with van der Waals surface area (Å²) >= 11 is 0. The second-order valence-electron chi connectivity index (χ2n) is 8.72. The van der Waals surface area contributed by atoms with Gasteiger partial charge in [0.25, 0.3) is 0 Å². The van der Waals surface area contributed by atoms with Gasteiger partial charge in [0.15, 0.2) is 11.5 Å². The van der Waals surface area contributed by atoms with Gasteiger partial charge in [-0.3, -0.25) is 0 Å². The molecule has 0 radical (unpaired) electrons. The highest BCUT2D eigenvalue weighted by Gasteiger charge is 2.48. The van der Waals surface area contributed by atoms with Gasteiger partial charge in [0.2, 0.25) is 0 Å². The molecule has 0 saturated carbocycles. The molecule has 1 saturated heterocycles. The largest absolute Gasteiger partial charge is 0.493 e. The lowest BCUT2D eigenvalue weighted by molar-refractivity contribution is 0.0481. The first-order valence-corrected chi connectivity index (χ1v) is 10.4. The van der Waals surface area contributed by atoms with Crippen molar-refractivity contribution in [3.63, 3.8) is 0 Å². The quantitative estimate of drug-likeness (QED) is 0.784. The summed E-state index contributed by atoms with van der Waals surface area (Å²) < 4.78 is 11.9. The van der Waals surface area contributed by atoms with Gasteiger partial charge in [-0.15, -0.1) is 0 Å². The van der Waals surface area contributed by atoms with E-state index in [0.717, 1.165) is 18.4 Å². The first-order chi connectivity index (χ1) is 14.3. The third-order valence-electron chi connectivity index (χ3n) is 6.85. The Bertz CT molecular complexity index is 918. The third-order valence-corrected chi connectivity index (χ3v) is 6.85. The van der Waals surface area contributed by atoms with Crippen molar-refractivity contribution in [2.75, 3.05) is 20.2 Å². The van der Waals surface area contributed by atoms with E-state index in [2.05, 4.69) is 12.1 Å². The second-order valence-corrected chi connectivity index (χ2v) is 8.72. The van der Waals surface area contributed by atoms with Crippen LogP contribution in [0.2, 0.25) is 0 Å². The fourth-order valence-electron chi connectivity index (χ4n) is 4.85. The Morgan fingerprint density at radius 1 is 1.17 bits per heavy atom. The summed E-state index contributed by atoms with van der Waals surface area (Å²) in [6.45, 7) is 4.32. The van der Waals surface area contributed by atoms with E-state index in [9.17, 15) is 15.0 Å². The van der Waals surface area contributed by atoms with E-state index >= 15 is 0 Å². The number of ether oxygens (including phenoxy) is 2. The lowest BCUT2D eigenvalue weighted by Crippen LogP contribution is -2.37. The average molecular weight is 411 g/mol. The van der Waals surface area contributed by atoms with Gasteiger partial charge in [0, 0.05) is 37.3 Å². The first kappa shape index (κ1) is 20.5. The molecule has 3 atom stereocenters. The molecule has 2 aromatic carbocycles. The fraction of sp³-hybridized carbons (Fsp3) is 0.458. The van der Waals surface area contributed by atoms with Crippen molar-refractivity contribution >= 4 is 6.09 Å². The number of hydrogen-bond donors (Lipinski definition) is 2. The van der Waals surface area contributed by atoms with Crippen molar-refractivity contribution in [1.82, 2.24) is 4.90 Å². The molecular formula is C24H29NO5. The van der Waals surface area contributed by atoms with Crippen molar-refractivity contribution in [1.29, 1.82) is 0 Å². The summed E-state index contributed by atoms with van der Waals surface area (Å²) in [4.78, 5) is 13.0. The number of aliphatic hydroxyl groups excluding tert-OH is 1. The molecule has 1 fully saturated rings. The van der Waals surface area contributed by atoms with Crippen LogP contribution in [-0.4, -0.2) is 53.6 Å². The summed E-state index contributed by atoms with van der Waals surface area (Å²) in [5.41, 5.74) is 3.00. The Balaban J connectivity index is 1.62. The fourth-order valence-corrected chi connectivity index (χ4v) is 4.85. The van der Waals surface area contributed by atoms with Crippen LogP contribution in [0.3, 0.4) is 0 Å². The highest BCUT2D eigenvalue weighted by atomic mass is 16.5. The number of aliphatic hydroxyl groups is 1. The average Bonchev–Trinajstić information content (AvgIpc) is 3.29. The Labute approximate surface area is 177 Å². The van der Waals surface area contributed by atoms with Crippen LogP contribution in [0.15, 0.2) is 42.5 Å². The van der Waals surface area contributed by atoms with E-state index in [-0.39, 0.29) is 12.0 Å². The zero-order valence-electron chi connectivity index (χ0n) is 17.7. The Hall–Kier alpha value is -2.73. The predicted molar refractivity (Wildman–Crippen MR) is 113 cm³/mol. The monoisotopic (exact) mass is 411 g/mol. The molecule has 6 heteroatoms. The number of carboxylic acid groups (broad SMARTS) is 1. The first-order valence-electron chi connectivity index (χ1n) is 10.4. The zero-order valence-corrected chi connectivity index (χ0v) is 17.7. The standard InChI is InChI=1S/C24H29NO5/c1-15(26)24(2)14-25(23(27)28)13-20(24)18-8-9-21(29-3)22(12-18)30-19-10-16-6-4-5-7-17(16)11-19/h4-9,12,15,19-20,26H,10-11,13-14H2,1-3H3,(H,27,28). The van der Waals surface area contributed by atoms with Crippen molar-refractivity contribution in [3.05, 3.63) is 59.2 Å². The van der Waals surface area contributed by atoms with Crippen molar-refractivity contribution in [3.8, 4) is 11.5 Å². The molecule has 1 amide bonds. The van der Waals surface area contributed by atoms with Gasteiger partial charge in [0.05, 0.1) is 13.2 Å². The van der Waals surface area contributed by atoms with E-state index in [1.165, 1.54) is 16.0 Å². The molecule has 2 N–H and O–H groups in total. The van der Waals surface area contributed by atoms with Crippen molar-refractivity contribution in [2.45, 2.75) is 44.8 Å². The number of fused-ring (bicyclic) bond motifs is 1. The van der Waals surface area contributed by atoms with E-state index < -0.39 is 17.6 Å². The molecule has 30 heavy (non-hydrogen) atoms. The molecule has 3 unspecified atom stereocenters. The van der Waals surface area contributed by atoms with Gasteiger partial charge >= 0.3 is 6.09 Å². The summed E-state index contributed by atoms with van der Waals surface area (Å²) in [5, 5.41) is 20.0. The predicted octanol–water partition coefficient (Wildman–Crippen LogP) is 3.71. The van der Waals surface area contributed by atoms with Crippen LogP contribution in [0.4, 0.5) is 4.79 Å². The molecule has 1 heterocycles. The number of likely N-dealkylation sites (tertiary alicyclic amines) is 1. The summed E-state index contributed by atoms with van der Waals surface area (Å²) in [6.07, 6.45) is 0.130. The molecule has 2 aliphatic rings. The number of amides is 1. The number of nitrogens with zero attached hydrogens (tertiary/aromatic N) is 1. The minimum Gasteiger partial charge on any atom is -0.493 e. The van der Waals surface area contributed by atoms with Crippen LogP contribution in [0, 0.1) is 5.41 Å². The minimum absolute atomic E-state index is 0.0359. The molecule has 0 aromatic heterocycles. The molecule has 0 spiro atoms. The number of benzene rings is 2. The molecule has 160 valence electrons. The smallest absolute Gasteiger partial charge is 0.407 e. The maximum atomic E-state index is 11.6. The van der Waals surface area contributed by atoms with Crippen molar-refractivity contribution in [2.24, 2.45) is 5.41 Å². The summed E-state index contributed by atoms with van der Waals surface area (Å²) in [7, 11) is 1.62. The molecule has 0 bridgehead atoms. The van der Waals surface area contributed by atoms with E-state index in [1.807, 2.05) is 37.3 Å². The Morgan fingerprint density at radius 2 is 1.83 bits per heavy atom. The highest BCUT2D eigenvalue weighted by Crippen LogP contribution is 2.47. The summed E-state index contributed by atoms with van der Waals surface area (Å²) in [6, 6.07) is 14.2. The number of methoxy groups -OCH3 is 1. The van der Waals surface area contributed by atoms with Crippen LogP contribution < -0.4 is 9.47 Å². The van der Waals surface area contributed by atoms with Gasteiger partial charge in [-0.05, 0) is 35.7 Å². The number of rotatable bonds is 5. The Morgan fingerprint density at radius 3 is 2.40 bits per heavy atom. The van der Waals surface area contributed by atoms with Gasteiger partial charge in [-0.25, -0.2) is 4.79 Å².